The average molecular weight is 700 g/mol. The molecule has 1 saturated carbocycles. The first kappa shape index (κ1) is 36.2. The molecule has 2 aliphatic rings. The van der Waals surface area contributed by atoms with Crippen molar-refractivity contribution in [3.8, 4) is 0 Å². The van der Waals surface area contributed by atoms with Crippen LogP contribution in [0.5, 0.6) is 0 Å². The van der Waals surface area contributed by atoms with E-state index in [-0.39, 0.29) is 17.5 Å². The van der Waals surface area contributed by atoms with Gasteiger partial charge in [0.2, 0.25) is 5.95 Å². The lowest BCUT2D eigenvalue weighted by molar-refractivity contribution is -0.137. The van der Waals surface area contributed by atoms with Crippen LogP contribution in [0.15, 0.2) is 67.0 Å². The molecule has 3 amide bonds. The van der Waals surface area contributed by atoms with Gasteiger partial charge in [-0.3, -0.25) is 19.6 Å². The van der Waals surface area contributed by atoms with Gasteiger partial charge < -0.3 is 30.9 Å². The van der Waals surface area contributed by atoms with Gasteiger partial charge in [0.1, 0.15) is 12.2 Å². The zero-order chi connectivity index (χ0) is 35.9. The molecule has 0 radical (unpaired) electrons. The van der Waals surface area contributed by atoms with Gasteiger partial charge in [-0.2, -0.15) is 9.97 Å². The van der Waals surface area contributed by atoms with Crippen LogP contribution in [0.25, 0.3) is 11.2 Å². The van der Waals surface area contributed by atoms with Crippen molar-refractivity contribution in [2.24, 2.45) is 0 Å². The Morgan fingerprint density at radius 1 is 0.961 bits per heavy atom. The van der Waals surface area contributed by atoms with Crippen molar-refractivity contribution in [1.29, 1.82) is 0 Å². The van der Waals surface area contributed by atoms with E-state index < -0.39 is 36.5 Å². The highest BCUT2D eigenvalue weighted by Gasteiger charge is 2.47. The normalized spacial score (nSPS) is 20.8. The molecule has 3 heterocycles. The number of hydrogen-bond acceptors (Lipinski definition) is 10. The monoisotopic (exact) mass is 699 g/mol. The lowest BCUT2D eigenvalue weighted by Crippen LogP contribution is -2.44. The first-order valence-electron chi connectivity index (χ1n) is 17.9. The maximum Gasteiger partial charge on any atom is 0.321 e. The second kappa shape index (κ2) is 16.6. The van der Waals surface area contributed by atoms with Crippen molar-refractivity contribution in [2.45, 2.75) is 89.0 Å². The minimum Gasteiger partial charge on any atom is -0.387 e. The van der Waals surface area contributed by atoms with Crippen LogP contribution in [0.3, 0.4) is 0 Å². The lowest BCUT2D eigenvalue weighted by atomic mass is 9.91. The van der Waals surface area contributed by atoms with Gasteiger partial charge in [-0.05, 0) is 44.7 Å². The van der Waals surface area contributed by atoms with E-state index in [2.05, 4.69) is 79.2 Å². The highest BCUT2D eigenvalue weighted by Crippen LogP contribution is 2.34. The highest BCUT2D eigenvalue weighted by molar-refractivity contribution is 5.90. The second-order valence-electron chi connectivity index (χ2n) is 13.4. The molecular formula is C37H49N9O5. The van der Waals surface area contributed by atoms with Crippen LogP contribution >= 0.6 is 0 Å². The Labute approximate surface area is 298 Å². The van der Waals surface area contributed by atoms with E-state index in [0.717, 1.165) is 17.7 Å². The van der Waals surface area contributed by atoms with Gasteiger partial charge in [0.05, 0.1) is 6.33 Å². The van der Waals surface area contributed by atoms with E-state index in [0.29, 0.717) is 43.1 Å². The first-order chi connectivity index (χ1) is 24.7. The van der Waals surface area contributed by atoms with Gasteiger partial charge >= 0.3 is 6.03 Å². The number of aliphatic hydroxyl groups excluding tert-OH is 2. The molecule has 0 bridgehead atoms. The Bertz CT molecular complexity index is 1710. The summed E-state index contributed by atoms with van der Waals surface area (Å²) in [5.74, 6) is -0.226. The van der Waals surface area contributed by atoms with Crippen LogP contribution < -0.4 is 21.3 Å². The quantitative estimate of drug-likeness (QED) is 0.114. The molecule has 14 heteroatoms. The summed E-state index contributed by atoms with van der Waals surface area (Å²) >= 11 is 0. The van der Waals surface area contributed by atoms with Crippen LogP contribution in [0.4, 0.5) is 16.6 Å². The number of hydrogen-bond donors (Lipinski definition) is 6. The number of nitrogens with zero attached hydrogens (tertiary/aromatic N) is 5. The number of fused-ring (bicyclic) bond motifs is 1. The van der Waals surface area contributed by atoms with E-state index in [1.807, 2.05) is 36.4 Å². The fourth-order valence-corrected chi connectivity index (χ4v) is 7.20. The fourth-order valence-electron chi connectivity index (χ4n) is 7.20. The molecule has 272 valence electrons. The van der Waals surface area contributed by atoms with Crippen LogP contribution in [-0.2, 0) is 9.53 Å². The van der Waals surface area contributed by atoms with E-state index in [1.165, 1.54) is 36.6 Å². The summed E-state index contributed by atoms with van der Waals surface area (Å²) in [6.45, 7) is 8.06. The predicted molar refractivity (Wildman–Crippen MR) is 194 cm³/mol. The number of aliphatic hydroxyl groups is 2. The molecule has 0 spiro atoms. The van der Waals surface area contributed by atoms with Crippen LogP contribution in [0, 0.1) is 0 Å². The zero-order valence-electron chi connectivity index (χ0n) is 29.4. The number of rotatable bonds is 14. The molecule has 1 aliphatic heterocycles. The molecule has 4 atom stereocenters. The number of amides is 3. The summed E-state index contributed by atoms with van der Waals surface area (Å²) < 4.78 is 7.34. The maximum absolute atomic E-state index is 13.2. The molecule has 1 saturated heterocycles. The predicted octanol–water partition coefficient (Wildman–Crippen LogP) is 3.60. The third-order valence-electron chi connectivity index (χ3n) is 9.76. The lowest BCUT2D eigenvalue weighted by Gasteiger charge is -2.32. The molecule has 1 aliphatic carbocycles. The van der Waals surface area contributed by atoms with Crippen LogP contribution in [0.1, 0.15) is 69.7 Å². The van der Waals surface area contributed by atoms with E-state index in [1.54, 1.807) is 6.92 Å². The molecule has 14 nitrogen and oxygen atoms in total. The third kappa shape index (κ3) is 8.30. The average Bonchev–Trinajstić information content (AvgIpc) is 3.88. The molecule has 6 rings (SSSR count). The van der Waals surface area contributed by atoms with Crippen molar-refractivity contribution >= 4 is 34.9 Å². The Kier molecular flexibility index (Phi) is 11.8. The summed E-state index contributed by atoms with van der Waals surface area (Å²) in [6.07, 6.45) is 0.846. The van der Waals surface area contributed by atoms with Crippen molar-refractivity contribution in [3.63, 3.8) is 0 Å². The fraction of sp³-hybridized carbons (Fsp3) is 0.486. The minimum atomic E-state index is -1.48. The van der Waals surface area contributed by atoms with Crippen LogP contribution in [0.2, 0.25) is 0 Å². The van der Waals surface area contributed by atoms with Gasteiger partial charge in [-0.25, -0.2) is 9.78 Å². The van der Waals surface area contributed by atoms with Crippen molar-refractivity contribution < 1.29 is 24.5 Å². The topological polar surface area (TPSA) is 179 Å². The SMILES string of the molecule is CCNC(=O)[C@H]1O[C@@H](n2cnc3c(NCC(c4ccccc4)c4ccccc4)nc(NC(=O)NCCN(C(C)C)C4CCCC4)nc32)[C@H](O)[C@@H]1O. The summed E-state index contributed by atoms with van der Waals surface area (Å²) in [5.41, 5.74) is 2.80. The van der Waals surface area contributed by atoms with Crippen molar-refractivity contribution in [1.82, 2.24) is 35.1 Å². The van der Waals surface area contributed by atoms with Gasteiger partial charge in [0, 0.05) is 44.2 Å². The third-order valence-corrected chi connectivity index (χ3v) is 9.76. The number of aromatic nitrogens is 4. The number of nitrogens with one attached hydrogen (secondary N) is 4. The van der Waals surface area contributed by atoms with Gasteiger partial charge in [-0.1, -0.05) is 73.5 Å². The summed E-state index contributed by atoms with van der Waals surface area (Å²) in [6, 6.07) is 20.7. The number of carbonyl (C=O) groups excluding carboxylic acids is 2. The Hall–Kier alpha value is -4.63. The van der Waals surface area contributed by atoms with E-state index in [4.69, 9.17) is 4.74 Å². The highest BCUT2D eigenvalue weighted by atomic mass is 16.6. The Morgan fingerprint density at radius 2 is 1.63 bits per heavy atom. The van der Waals surface area contributed by atoms with Crippen LogP contribution in [-0.4, -0.2) is 103 Å². The van der Waals surface area contributed by atoms with Crippen molar-refractivity contribution in [3.05, 3.63) is 78.1 Å². The largest absolute Gasteiger partial charge is 0.387 e. The number of likely N-dealkylation sites (N-methyl/N-ethyl adjacent to an activating group) is 1. The molecule has 0 unspecified atom stereocenters. The zero-order valence-corrected chi connectivity index (χ0v) is 29.4. The number of anilines is 2. The molecule has 4 aromatic rings. The molecule has 6 N–H and O–H groups in total. The number of carbonyl (C=O) groups is 2. The molecule has 2 fully saturated rings. The maximum atomic E-state index is 13.2. The first-order valence-corrected chi connectivity index (χ1v) is 17.9. The Balaban J connectivity index is 1.27. The van der Waals surface area contributed by atoms with Crippen molar-refractivity contribution in [2.75, 3.05) is 36.8 Å². The summed E-state index contributed by atoms with van der Waals surface area (Å²) in [5, 5.41) is 33.5. The van der Waals surface area contributed by atoms with E-state index in [9.17, 15) is 19.8 Å². The van der Waals surface area contributed by atoms with Gasteiger partial charge in [0.15, 0.2) is 29.3 Å². The minimum absolute atomic E-state index is 0.00467. The van der Waals surface area contributed by atoms with Gasteiger partial charge in [0.25, 0.3) is 5.91 Å². The van der Waals surface area contributed by atoms with Gasteiger partial charge in [-0.15, -0.1) is 0 Å². The number of ether oxygens (including phenoxy) is 1. The molecular weight excluding hydrogens is 650 g/mol. The second-order valence-corrected chi connectivity index (χ2v) is 13.4. The molecule has 51 heavy (non-hydrogen) atoms. The number of urea groups is 1. The Morgan fingerprint density at radius 3 is 2.25 bits per heavy atom. The molecule has 2 aromatic heterocycles. The van der Waals surface area contributed by atoms with E-state index >= 15 is 0 Å². The number of benzene rings is 2. The number of imidazole rings is 1. The standard InChI is InChI=1S/C37H49N9O5/c1-4-38-34(49)31-29(47)30(48)35(51-31)46-22-41-28-32(40-21-27(24-13-7-5-8-14-24)25-15-9-6-10-16-25)42-36(43-33(28)46)44-37(50)39-19-20-45(23(2)3)26-17-11-12-18-26/h5-10,13-16,22-23,26-27,29-31,35,47-48H,4,11-12,17-21H2,1-3H3,(H,38,49)(H3,39,40,42,43,44,50)/t29-,30+,31-,35+/m0/s1. The molecule has 2 aromatic carbocycles. The summed E-state index contributed by atoms with van der Waals surface area (Å²) in [4.78, 5) is 42.1. The smallest absolute Gasteiger partial charge is 0.321 e. The summed E-state index contributed by atoms with van der Waals surface area (Å²) in [7, 11) is 0.